The third-order valence-electron chi connectivity index (χ3n) is 8.85. The molecule has 9 heteroatoms. The van der Waals surface area contributed by atoms with Crippen LogP contribution in [0.15, 0.2) is 49.6 Å². The zero-order valence-corrected chi connectivity index (χ0v) is 24.7. The van der Waals surface area contributed by atoms with E-state index in [1.54, 1.807) is 22.0 Å². The Morgan fingerprint density at radius 1 is 1.12 bits per heavy atom. The Balaban J connectivity index is 1.72. The van der Waals surface area contributed by atoms with Crippen molar-refractivity contribution in [1.82, 2.24) is 9.80 Å². The summed E-state index contributed by atoms with van der Waals surface area (Å²) in [5.41, 5.74) is -1.38. The predicted molar refractivity (Wildman–Crippen MR) is 157 cm³/mol. The van der Waals surface area contributed by atoms with Gasteiger partial charge in [-0.05, 0) is 57.4 Å². The van der Waals surface area contributed by atoms with Gasteiger partial charge in [-0.2, -0.15) is 0 Å². The number of aliphatic hydroxyl groups is 1. The number of nitrogens with zero attached hydrogens (tertiary/aromatic N) is 3. The van der Waals surface area contributed by atoms with Crippen molar-refractivity contribution >= 4 is 23.4 Å². The van der Waals surface area contributed by atoms with Crippen LogP contribution < -0.4 is 9.64 Å². The van der Waals surface area contributed by atoms with Crippen molar-refractivity contribution in [1.29, 1.82) is 0 Å². The maximum absolute atomic E-state index is 14.4. The Labute approximate surface area is 243 Å². The first-order valence-corrected chi connectivity index (χ1v) is 14.9. The molecule has 41 heavy (non-hydrogen) atoms. The smallest absolute Gasteiger partial charge is 0.248 e. The number of β-amino-alcohol motifs (C(OH)–C–C–N with tert-alkyl or cyclic N) is 1. The molecule has 3 aliphatic heterocycles. The lowest BCUT2D eigenvalue weighted by atomic mass is 9.66. The van der Waals surface area contributed by atoms with Crippen LogP contribution in [0, 0.1) is 11.8 Å². The minimum absolute atomic E-state index is 0.000622. The average molecular weight is 568 g/mol. The molecular formula is C32H45N3O6. The number of ether oxygens (including phenoxy) is 2. The number of amides is 3. The highest BCUT2D eigenvalue weighted by Crippen LogP contribution is 2.63. The summed E-state index contributed by atoms with van der Waals surface area (Å²) in [6, 6.07) is 6.36. The molecule has 0 saturated carbocycles. The van der Waals surface area contributed by atoms with Gasteiger partial charge in [-0.15, -0.1) is 13.2 Å². The summed E-state index contributed by atoms with van der Waals surface area (Å²) in [5.74, 6) is -1.67. The molecule has 3 heterocycles. The van der Waals surface area contributed by atoms with E-state index < -0.39 is 29.1 Å². The summed E-state index contributed by atoms with van der Waals surface area (Å²) in [6.07, 6.45) is 7.22. The molecule has 3 saturated heterocycles. The molecule has 1 aromatic rings. The molecule has 2 unspecified atom stereocenters. The standard InChI is InChI=1S/C32H45N3O6/c1-6-10-11-20-33(18-7-2)30(39)27-32-17-16-31(5,41-32)25(26(32)29(38)35(27)21-22-36)28(37)34(19-8-3)23-12-14-24(15-13-23)40-9-4/h7-8,12-15,25-27,36H,2-3,6,9-11,16-22H2,1,4-5H3/t25-,26-,27?,31+,32?/m0/s1. The Kier molecular flexibility index (Phi) is 9.59. The molecule has 4 rings (SSSR count). The van der Waals surface area contributed by atoms with Crippen molar-refractivity contribution in [3.63, 3.8) is 0 Å². The summed E-state index contributed by atoms with van der Waals surface area (Å²) < 4.78 is 12.3. The number of fused-ring (bicyclic) bond motifs is 1. The molecule has 5 atom stereocenters. The Morgan fingerprint density at radius 3 is 2.44 bits per heavy atom. The molecule has 0 aliphatic carbocycles. The van der Waals surface area contributed by atoms with Gasteiger partial charge in [0.15, 0.2) is 0 Å². The third-order valence-corrected chi connectivity index (χ3v) is 8.85. The Hall–Kier alpha value is -3.17. The fraction of sp³-hybridized carbons (Fsp3) is 0.594. The van der Waals surface area contributed by atoms with Gasteiger partial charge >= 0.3 is 0 Å². The maximum atomic E-state index is 14.4. The third kappa shape index (κ3) is 5.42. The first-order chi connectivity index (χ1) is 19.7. The SMILES string of the molecule is C=CCN(CCCCC)C(=O)C1N(CCO)C(=O)[C@@H]2[C@@H](C(=O)N(CC=C)c3ccc(OCC)cc3)[C@@]3(C)CCC12O3. The number of rotatable bonds is 15. The number of hydrogen-bond acceptors (Lipinski definition) is 6. The molecule has 1 spiro atoms. The molecular weight excluding hydrogens is 522 g/mol. The van der Waals surface area contributed by atoms with E-state index in [2.05, 4.69) is 20.1 Å². The summed E-state index contributed by atoms with van der Waals surface area (Å²) in [5, 5.41) is 9.91. The molecule has 0 aromatic heterocycles. The quantitative estimate of drug-likeness (QED) is 0.257. The van der Waals surface area contributed by atoms with Gasteiger partial charge in [0, 0.05) is 31.9 Å². The average Bonchev–Trinajstić information content (AvgIpc) is 3.52. The molecule has 1 N–H and O–H groups in total. The van der Waals surface area contributed by atoms with E-state index in [0.29, 0.717) is 44.0 Å². The fourth-order valence-electron chi connectivity index (χ4n) is 7.11. The van der Waals surface area contributed by atoms with Gasteiger partial charge in [0.25, 0.3) is 0 Å². The van der Waals surface area contributed by atoms with Crippen LogP contribution in [0.4, 0.5) is 5.69 Å². The van der Waals surface area contributed by atoms with Gasteiger partial charge in [-0.1, -0.05) is 31.9 Å². The van der Waals surface area contributed by atoms with Gasteiger partial charge in [0.2, 0.25) is 17.7 Å². The molecule has 2 bridgehead atoms. The van der Waals surface area contributed by atoms with Crippen LogP contribution in [-0.2, 0) is 19.1 Å². The minimum Gasteiger partial charge on any atom is -0.494 e. The number of aliphatic hydroxyl groups excluding tert-OH is 1. The van der Waals surface area contributed by atoms with E-state index >= 15 is 0 Å². The van der Waals surface area contributed by atoms with Crippen molar-refractivity contribution in [3.8, 4) is 5.75 Å². The Morgan fingerprint density at radius 2 is 1.83 bits per heavy atom. The van der Waals surface area contributed by atoms with Gasteiger partial charge < -0.3 is 29.3 Å². The second-order valence-electron chi connectivity index (χ2n) is 11.4. The van der Waals surface area contributed by atoms with E-state index in [4.69, 9.17) is 9.47 Å². The number of benzene rings is 1. The second-order valence-corrected chi connectivity index (χ2v) is 11.4. The number of anilines is 1. The lowest BCUT2D eigenvalue weighted by molar-refractivity contribution is -0.151. The van der Waals surface area contributed by atoms with Crippen molar-refractivity contribution in [2.24, 2.45) is 11.8 Å². The topological polar surface area (TPSA) is 99.6 Å². The second kappa shape index (κ2) is 12.8. The molecule has 9 nitrogen and oxygen atoms in total. The van der Waals surface area contributed by atoms with Crippen LogP contribution >= 0.6 is 0 Å². The van der Waals surface area contributed by atoms with Crippen LogP contribution in [-0.4, -0.2) is 89.3 Å². The number of hydrogen-bond donors (Lipinski definition) is 1. The first kappa shape index (κ1) is 30.8. The number of carbonyl (C=O) groups is 3. The number of carbonyl (C=O) groups excluding carboxylic acids is 3. The van der Waals surface area contributed by atoms with E-state index in [1.165, 1.54) is 4.90 Å². The molecule has 224 valence electrons. The number of unbranched alkanes of at least 4 members (excludes halogenated alkanes) is 2. The van der Waals surface area contributed by atoms with Gasteiger partial charge in [0.1, 0.15) is 17.4 Å². The van der Waals surface area contributed by atoms with Crippen LogP contribution in [0.1, 0.15) is 52.9 Å². The molecule has 3 amide bonds. The minimum atomic E-state index is -1.14. The number of likely N-dealkylation sites (tertiary alicyclic amines) is 1. The van der Waals surface area contributed by atoms with E-state index in [0.717, 1.165) is 19.3 Å². The van der Waals surface area contributed by atoms with Crippen molar-refractivity contribution in [3.05, 3.63) is 49.6 Å². The van der Waals surface area contributed by atoms with E-state index in [1.807, 2.05) is 38.1 Å². The van der Waals surface area contributed by atoms with Gasteiger partial charge in [0.05, 0.1) is 30.7 Å². The summed E-state index contributed by atoms with van der Waals surface area (Å²) in [7, 11) is 0. The van der Waals surface area contributed by atoms with Crippen molar-refractivity contribution < 1.29 is 29.0 Å². The Bertz CT molecular complexity index is 1140. The van der Waals surface area contributed by atoms with Crippen molar-refractivity contribution in [2.45, 2.75) is 70.1 Å². The van der Waals surface area contributed by atoms with Crippen LogP contribution in [0.3, 0.4) is 0 Å². The highest BCUT2D eigenvalue weighted by Gasteiger charge is 2.78. The van der Waals surface area contributed by atoms with Crippen LogP contribution in [0.5, 0.6) is 5.75 Å². The van der Waals surface area contributed by atoms with E-state index in [9.17, 15) is 19.5 Å². The summed E-state index contributed by atoms with van der Waals surface area (Å²) in [6.45, 7) is 15.0. The normalized spacial score (nSPS) is 28.0. The predicted octanol–water partition coefficient (Wildman–Crippen LogP) is 3.57. The zero-order chi connectivity index (χ0) is 29.8. The molecule has 3 aliphatic rings. The van der Waals surface area contributed by atoms with Gasteiger partial charge in [-0.3, -0.25) is 14.4 Å². The molecule has 0 radical (unpaired) electrons. The first-order valence-electron chi connectivity index (χ1n) is 14.9. The van der Waals surface area contributed by atoms with E-state index in [-0.39, 0.29) is 37.4 Å². The highest BCUT2D eigenvalue weighted by atomic mass is 16.5. The maximum Gasteiger partial charge on any atom is 0.248 e. The summed E-state index contributed by atoms with van der Waals surface area (Å²) in [4.78, 5) is 47.6. The molecule has 1 aromatic carbocycles. The fourth-order valence-corrected chi connectivity index (χ4v) is 7.11. The van der Waals surface area contributed by atoms with Crippen LogP contribution in [0.2, 0.25) is 0 Å². The van der Waals surface area contributed by atoms with Crippen LogP contribution in [0.25, 0.3) is 0 Å². The van der Waals surface area contributed by atoms with Crippen molar-refractivity contribution in [2.75, 3.05) is 44.3 Å². The zero-order valence-electron chi connectivity index (χ0n) is 24.7. The summed E-state index contributed by atoms with van der Waals surface area (Å²) >= 11 is 0. The lowest BCUT2D eigenvalue weighted by Crippen LogP contribution is -2.56. The largest absolute Gasteiger partial charge is 0.494 e. The monoisotopic (exact) mass is 567 g/mol. The highest BCUT2D eigenvalue weighted by molar-refractivity contribution is 6.03. The van der Waals surface area contributed by atoms with Gasteiger partial charge in [-0.25, -0.2) is 0 Å². The lowest BCUT2D eigenvalue weighted by Gasteiger charge is -2.37. The molecule has 3 fully saturated rings.